The van der Waals surface area contributed by atoms with E-state index in [4.69, 9.17) is 0 Å². The van der Waals surface area contributed by atoms with E-state index >= 15 is 0 Å². The number of aromatic nitrogens is 8. The van der Waals surface area contributed by atoms with Gasteiger partial charge in [0.15, 0.2) is 5.16 Å². The van der Waals surface area contributed by atoms with Crippen molar-refractivity contribution in [2.45, 2.75) is 37.7 Å². The van der Waals surface area contributed by atoms with E-state index in [-0.39, 0.29) is 11.1 Å². The van der Waals surface area contributed by atoms with Gasteiger partial charge in [-0.15, -0.1) is 10.2 Å². The summed E-state index contributed by atoms with van der Waals surface area (Å²) in [6.07, 6.45) is 0.809. The van der Waals surface area contributed by atoms with Crippen molar-refractivity contribution in [1.29, 1.82) is 0 Å². The van der Waals surface area contributed by atoms with Gasteiger partial charge in [-0.2, -0.15) is 9.50 Å². The number of aromatic amines is 1. The Balaban J connectivity index is 1.59. The maximum atomic E-state index is 12.9. The largest absolute Gasteiger partial charge is 0.276 e. The van der Waals surface area contributed by atoms with Crippen LogP contribution in [0.25, 0.3) is 22.5 Å². The molecular formula is C19H18N8O2S. The predicted molar refractivity (Wildman–Crippen MR) is 113 cm³/mol. The Morgan fingerprint density at radius 3 is 2.80 bits per heavy atom. The molecular weight excluding hydrogens is 404 g/mol. The van der Waals surface area contributed by atoms with Crippen molar-refractivity contribution in [2.24, 2.45) is 0 Å². The highest BCUT2D eigenvalue weighted by molar-refractivity contribution is 7.98. The van der Waals surface area contributed by atoms with Crippen molar-refractivity contribution in [1.82, 2.24) is 38.7 Å². The lowest BCUT2D eigenvalue weighted by atomic mass is 10.2. The fraction of sp³-hybridized carbons (Fsp3) is 0.263. The van der Waals surface area contributed by atoms with E-state index in [1.165, 1.54) is 22.3 Å². The number of nitrogens with one attached hydrogen (secondary N) is 1. The minimum atomic E-state index is -0.205. The second-order valence-corrected chi connectivity index (χ2v) is 7.86. The van der Waals surface area contributed by atoms with E-state index in [0.717, 1.165) is 11.9 Å². The average molecular weight is 422 g/mol. The molecule has 30 heavy (non-hydrogen) atoms. The molecule has 4 heterocycles. The fourth-order valence-electron chi connectivity index (χ4n) is 3.49. The SMILES string of the molecule is CCCn1c(=O)c2ccccc2n2c(SCc3nc4nc(C)cc(=O)n4[nH]3)nnc12. The van der Waals surface area contributed by atoms with Crippen LogP contribution in [0.15, 0.2) is 45.1 Å². The summed E-state index contributed by atoms with van der Waals surface area (Å²) in [5.41, 5.74) is 1.11. The van der Waals surface area contributed by atoms with Gasteiger partial charge >= 0.3 is 0 Å². The van der Waals surface area contributed by atoms with E-state index < -0.39 is 0 Å². The van der Waals surface area contributed by atoms with Crippen LogP contribution in [0.4, 0.5) is 0 Å². The smallest absolute Gasteiger partial charge is 0.274 e. The maximum Gasteiger partial charge on any atom is 0.274 e. The van der Waals surface area contributed by atoms with Gasteiger partial charge in [0.2, 0.25) is 5.78 Å². The van der Waals surface area contributed by atoms with Crippen LogP contribution >= 0.6 is 11.8 Å². The minimum absolute atomic E-state index is 0.0676. The molecule has 5 aromatic rings. The zero-order valence-corrected chi connectivity index (χ0v) is 17.2. The van der Waals surface area contributed by atoms with Crippen molar-refractivity contribution in [3.8, 4) is 0 Å². The molecule has 1 N–H and O–H groups in total. The van der Waals surface area contributed by atoms with Crippen LogP contribution < -0.4 is 11.1 Å². The van der Waals surface area contributed by atoms with E-state index in [1.807, 2.05) is 35.6 Å². The minimum Gasteiger partial charge on any atom is -0.276 e. The first-order valence-electron chi connectivity index (χ1n) is 9.51. The van der Waals surface area contributed by atoms with Crippen molar-refractivity contribution in [3.63, 3.8) is 0 Å². The number of rotatable bonds is 5. The van der Waals surface area contributed by atoms with Crippen molar-refractivity contribution in [2.75, 3.05) is 0 Å². The summed E-state index contributed by atoms with van der Waals surface area (Å²) in [6, 6.07) is 8.90. The van der Waals surface area contributed by atoms with Crippen LogP contribution in [0, 0.1) is 6.92 Å². The summed E-state index contributed by atoms with van der Waals surface area (Å²) in [4.78, 5) is 33.7. The number of H-pyrrole nitrogens is 1. The Labute approximate surface area is 173 Å². The molecule has 10 nitrogen and oxygen atoms in total. The second kappa shape index (κ2) is 7.10. The molecule has 0 radical (unpaired) electrons. The first kappa shape index (κ1) is 18.6. The third-order valence-electron chi connectivity index (χ3n) is 4.77. The molecule has 0 atom stereocenters. The molecule has 1 aromatic carbocycles. The number of aryl methyl sites for hydroxylation is 2. The lowest BCUT2D eigenvalue weighted by Crippen LogP contribution is -2.23. The quantitative estimate of drug-likeness (QED) is 0.429. The monoisotopic (exact) mass is 422 g/mol. The lowest BCUT2D eigenvalue weighted by Gasteiger charge is -2.10. The number of para-hydroxylation sites is 1. The Kier molecular flexibility index (Phi) is 4.39. The molecule has 11 heteroatoms. The van der Waals surface area contributed by atoms with Gasteiger partial charge in [-0.05, 0) is 25.5 Å². The molecule has 0 saturated carbocycles. The first-order valence-corrected chi connectivity index (χ1v) is 10.5. The van der Waals surface area contributed by atoms with E-state index in [0.29, 0.717) is 45.9 Å². The Morgan fingerprint density at radius 1 is 1.13 bits per heavy atom. The van der Waals surface area contributed by atoms with Gasteiger partial charge in [0.1, 0.15) is 5.82 Å². The molecule has 0 aliphatic rings. The van der Waals surface area contributed by atoms with Crippen LogP contribution in [0.2, 0.25) is 0 Å². The third-order valence-corrected chi connectivity index (χ3v) is 5.71. The first-order chi connectivity index (χ1) is 14.6. The number of nitrogens with zero attached hydrogens (tertiary/aromatic N) is 7. The molecule has 0 spiro atoms. The van der Waals surface area contributed by atoms with Gasteiger partial charge in [-0.25, -0.2) is 4.98 Å². The fourth-order valence-corrected chi connectivity index (χ4v) is 4.29. The Morgan fingerprint density at radius 2 is 1.97 bits per heavy atom. The average Bonchev–Trinajstić information content (AvgIpc) is 3.34. The van der Waals surface area contributed by atoms with E-state index in [1.54, 1.807) is 11.5 Å². The highest BCUT2D eigenvalue weighted by Crippen LogP contribution is 2.23. The number of benzene rings is 1. The van der Waals surface area contributed by atoms with E-state index in [9.17, 15) is 9.59 Å². The topological polar surface area (TPSA) is 115 Å². The van der Waals surface area contributed by atoms with Crippen LogP contribution in [-0.2, 0) is 12.3 Å². The van der Waals surface area contributed by atoms with Crippen molar-refractivity contribution in [3.05, 3.63) is 62.6 Å². The summed E-state index contributed by atoms with van der Waals surface area (Å²) in [7, 11) is 0. The molecule has 5 rings (SSSR count). The molecule has 0 saturated heterocycles. The molecule has 0 aliphatic heterocycles. The molecule has 0 fully saturated rings. The summed E-state index contributed by atoms with van der Waals surface area (Å²) < 4.78 is 4.88. The van der Waals surface area contributed by atoms with Crippen LogP contribution in [0.5, 0.6) is 0 Å². The Hall–Kier alpha value is -3.47. The summed E-state index contributed by atoms with van der Waals surface area (Å²) in [6.45, 7) is 4.34. The zero-order valence-electron chi connectivity index (χ0n) is 16.4. The highest BCUT2D eigenvalue weighted by Gasteiger charge is 2.17. The van der Waals surface area contributed by atoms with Crippen LogP contribution in [-0.4, -0.2) is 38.7 Å². The van der Waals surface area contributed by atoms with Gasteiger partial charge in [-0.3, -0.25) is 23.7 Å². The summed E-state index contributed by atoms with van der Waals surface area (Å²) >= 11 is 1.42. The van der Waals surface area contributed by atoms with Crippen molar-refractivity contribution < 1.29 is 0 Å². The zero-order chi connectivity index (χ0) is 20.8. The van der Waals surface area contributed by atoms with Gasteiger partial charge in [0, 0.05) is 18.3 Å². The van der Waals surface area contributed by atoms with E-state index in [2.05, 4.69) is 25.3 Å². The van der Waals surface area contributed by atoms with Gasteiger partial charge < -0.3 is 0 Å². The highest BCUT2D eigenvalue weighted by atomic mass is 32.2. The number of hydrogen-bond acceptors (Lipinski definition) is 7. The standard InChI is InChI=1S/C19H18N8O2S/c1-3-8-25-16(29)12-6-4-5-7-13(12)26-18(25)22-23-19(26)30-10-14-21-17-20-11(2)9-15(28)27(17)24-14/h4-7,9H,3,8,10H2,1-2H3,(H,20,21,24). The lowest BCUT2D eigenvalue weighted by molar-refractivity contribution is 0.662. The van der Waals surface area contributed by atoms with Crippen molar-refractivity contribution >= 4 is 34.2 Å². The second-order valence-electron chi connectivity index (χ2n) is 6.92. The number of hydrogen-bond donors (Lipinski definition) is 1. The van der Waals surface area contributed by atoms with Crippen LogP contribution in [0.1, 0.15) is 24.9 Å². The molecule has 0 unspecified atom stereocenters. The van der Waals surface area contributed by atoms with Gasteiger partial charge in [0.25, 0.3) is 16.9 Å². The number of thioether (sulfide) groups is 1. The molecule has 0 amide bonds. The molecule has 152 valence electrons. The maximum absolute atomic E-state index is 12.9. The summed E-state index contributed by atoms with van der Waals surface area (Å²) in [5.74, 6) is 1.88. The molecule has 4 aromatic heterocycles. The Bertz CT molecular complexity index is 1530. The van der Waals surface area contributed by atoms with Gasteiger partial charge in [-0.1, -0.05) is 30.8 Å². The normalized spacial score (nSPS) is 11.8. The third kappa shape index (κ3) is 2.89. The molecule has 0 bridgehead atoms. The van der Waals surface area contributed by atoms with Crippen LogP contribution in [0.3, 0.4) is 0 Å². The summed E-state index contributed by atoms with van der Waals surface area (Å²) in [5, 5.41) is 12.8. The predicted octanol–water partition coefficient (Wildman–Crippen LogP) is 1.79. The number of fused-ring (bicyclic) bond motifs is 4. The molecule has 0 aliphatic carbocycles. The van der Waals surface area contributed by atoms with Gasteiger partial charge in [0.05, 0.1) is 16.7 Å².